The van der Waals surface area contributed by atoms with Gasteiger partial charge in [-0.1, -0.05) is 18.2 Å². The fourth-order valence-electron chi connectivity index (χ4n) is 1.60. The first-order valence-electron chi connectivity index (χ1n) is 5.78. The van der Waals surface area contributed by atoms with Gasteiger partial charge in [0.05, 0.1) is 12.2 Å². The van der Waals surface area contributed by atoms with E-state index < -0.39 is 17.8 Å². The Morgan fingerprint density at radius 2 is 2.15 bits per heavy atom. The zero-order valence-electron chi connectivity index (χ0n) is 10.3. The Morgan fingerprint density at radius 1 is 1.35 bits per heavy atom. The van der Waals surface area contributed by atoms with Gasteiger partial charge in [-0.25, -0.2) is 14.3 Å². The van der Waals surface area contributed by atoms with Gasteiger partial charge in [0.2, 0.25) is 0 Å². The molecule has 0 N–H and O–H groups in total. The maximum atomic E-state index is 12.5. The smallest absolute Gasteiger partial charge is 0.419 e. The zero-order chi connectivity index (χ0) is 14.6. The molecule has 106 valence electrons. The Kier molecular flexibility index (Phi) is 4.07. The molecule has 1 heterocycles. The van der Waals surface area contributed by atoms with Crippen molar-refractivity contribution >= 4 is 6.09 Å². The van der Waals surface area contributed by atoms with Crippen LogP contribution in [0.25, 0.3) is 0 Å². The summed E-state index contributed by atoms with van der Waals surface area (Å²) in [5.41, 5.74) is -0.255. The SMILES string of the molecule is O=C(OCCc1cccc(C(F)(F)F)c1)n1ccnc1. The first-order chi connectivity index (χ1) is 9.47. The van der Waals surface area contributed by atoms with Crippen LogP contribution in [0, 0.1) is 0 Å². The van der Waals surface area contributed by atoms with E-state index in [1.54, 1.807) is 6.07 Å². The monoisotopic (exact) mass is 284 g/mol. The molecule has 4 nitrogen and oxygen atoms in total. The van der Waals surface area contributed by atoms with Crippen LogP contribution in [-0.2, 0) is 17.3 Å². The minimum atomic E-state index is -4.37. The number of imidazole rings is 1. The van der Waals surface area contributed by atoms with Gasteiger partial charge in [0.25, 0.3) is 0 Å². The summed E-state index contributed by atoms with van der Waals surface area (Å²) in [6, 6.07) is 4.93. The number of nitrogens with zero attached hydrogens (tertiary/aromatic N) is 2. The Bertz CT molecular complexity index is 580. The highest BCUT2D eigenvalue weighted by atomic mass is 19.4. The normalized spacial score (nSPS) is 11.3. The van der Waals surface area contributed by atoms with Crippen molar-refractivity contribution in [2.75, 3.05) is 6.61 Å². The number of halogens is 3. The Hall–Kier alpha value is -2.31. The maximum absolute atomic E-state index is 12.5. The van der Waals surface area contributed by atoms with Gasteiger partial charge in [-0.05, 0) is 11.6 Å². The lowest BCUT2D eigenvalue weighted by molar-refractivity contribution is -0.137. The quantitative estimate of drug-likeness (QED) is 0.869. The summed E-state index contributed by atoms with van der Waals surface area (Å²) >= 11 is 0. The highest BCUT2D eigenvalue weighted by Crippen LogP contribution is 2.29. The van der Waals surface area contributed by atoms with Crippen LogP contribution in [0.5, 0.6) is 0 Å². The summed E-state index contributed by atoms with van der Waals surface area (Å²) in [4.78, 5) is 15.1. The number of carbonyl (C=O) groups excluding carboxylic acids is 1. The molecule has 20 heavy (non-hydrogen) atoms. The highest BCUT2D eigenvalue weighted by Gasteiger charge is 2.30. The van der Waals surface area contributed by atoms with Gasteiger partial charge < -0.3 is 4.74 Å². The molecule has 0 amide bonds. The molecule has 0 bridgehead atoms. The van der Waals surface area contributed by atoms with E-state index >= 15 is 0 Å². The molecule has 0 saturated heterocycles. The highest BCUT2D eigenvalue weighted by molar-refractivity contribution is 5.69. The molecule has 0 aliphatic heterocycles. The van der Waals surface area contributed by atoms with Crippen LogP contribution in [0.3, 0.4) is 0 Å². The number of aromatic nitrogens is 2. The molecule has 0 saturated carbocycles. The number of hydrogen-bond acceptors (Lipinski definition) is 3. The van der Waals surface area contributed by atoms with Gasteiger partial charge in [0.15, 0.2) is 0 Å². The molecular weight excluding hydrogens is 273 g/mol. The molecule has 0 aliphatic rings. The second-order valence-electron chi connectivity index (χ2n) is 4.03. The Labute approximate surface area is 112 Å². The third-order valence-electron chi connectivity index (χ3n) is 2.59. The molecule has 0 atom stereocenters. The molecule has 1 aromatic heterocycles. The van der Waals surface area contributed by atoms with Crippen molar-refractivity contribution in [3.8, 4) is 0 Å². The molecule has 0 aliphatic carbocycles. The van der Waals surface area contributed by atoms with Gasteiger partial charge in [-0.2, -0.15) is 13.2 Å². The van der Waals surface area contributed by atoms with E-state index in [1.165, 1.54) is 24.8 Å². The number of hydrogen-bond donors (Lipinski definition) is 0. The van der Waals surface area contributed by atoms with Crippen LogP contribution < -0.4 is 0 Å². The first kappa shape index (κ1) is 14.1. The van der Waals surface area contributed by atoms with Gasteiger partial charge in [-0.15, -0.1) is 0 Å². The molecule has 0 radical (unpaired) electrons. The topological polar surface area (TPSA) is 44.1 Å². The molecular formula is C13H11F3N2O2. The molecule has 2 aromatic rings. The third-order valence-corrected chi connectivity index (χ3v) is 2.59. The second-order valence-corrected chi connectivity index (χ2v) is 4.03. The Morgan fingerprint density at radius 3 is 2.80 bits per heavy atom. The van der Waals surface area contributed by atoms with Crippen molar-refractivity contribution in [1.29, 1.82) is 0 Å². The average Bonchev–Trinajstić information content (AvgIpc) is 2.92. The molecule has 2 rings (SSSR count). The van der Waals surface area contributed by atoms with Crippen molar-refractivity contribution in [2.45, 2.75) is 12.6 Å². The van der Waals surface area contributed by atoms with E-state index in [0.29, 0.717) is 5.56 Å². The predicted octanol–water partition coefficient (Wildman–Crippen LogP) is 3.13. The van der Waals surface area contributed by atoms with E-state index in [-0.39, 0.29) is 13.0 Å². The van der Waals surface area contributed by atoms with Crippen molar-refractivity contribution in [3.05, 3.63) is 54.1 Å². The van der Waals surface area contributed by atoms with Crippen LogP contribution in [0.15, 0.2) is 43.0 Å². The van der Waals surface area contributed by atoms with Gasteiger partial charge >= 0.3 is 12.3 Å². The number of carbonyl (C=O) groups is 1. The molecule has 0 fully saturated rings. The van der Waals surface area contributed by atoms with Crippen molar-refractivity contribution < 1.29 is 22.7 Å². The lowest BCUT2D eigenvalue weighted by Gasteiger charge is -2.09. The minimum absolute atomic E-state index is 0.00166. The van der Waals surface area contributed by atoms with Gasteiger partial charge in [0.1, 0.15) is 6.33 Å². The summed E-state index contributed by atoms with van der Waals surface area (Å²) < 4.78 is 43.6. The molecule has 0 spiro atoms. The van der Waals surface area contributed by atoms with E-state index in [4.69, 9.17) is 4.74 Å². The summed E-state index contributed by atoms with van der Waals surface area (Å²) in [5, 5.41) is 0. The van der Waals surface area contributed by atoms with E-state index in [0.717, 1.165) is 16.7 Å². The van der Waals surface area contributed by atoms with E-state index in [2.05, 4.69) is 4.98 Å². The van der Waals surface area contributed by atoms with Gasteiger partial charge in [0, 0.05) is 18.8 Å². The van der Waals surface area contributed by atoms with Crippen LogP contribution in [-0.4, -0.2) is 22.3 Å². The Balaban J connectivity index is 1.90. The molecule has 0 unspecified atom stereocenters. The predicted molar refractivity (Wildman–Crippen MR) is 64.1 cm³/mol. The minimum Gasteiger partial charge on any atom is -0.449 e. The second kappa shape index (κ2) is 5.77. The summed E-state index contributed by atoms with van der Waals surface area (Å²) in [7, 11) is 0. The van der Waals surface area contributed by atoms with Gasteiger partial charge in [-0.3, -0.25) is 0 Å². The summed E-state index contributed by atoms with van der Waals surface area (Å²) in [6.07, 6.45) is -0.643. The fourth-order valence-corrected chi connectivity index (χ4v) is 1.60. The number of ether oxygens (including phenoxy) is 1. The average molecular weight is 284 g/mol. The van der Waals surface area contributed by atoms with E-state index in [9.17, 15) is 18.0 Å². The lowest BCUT2D eigenvalue weighted by atomic mass is 10.1. The van der Waals surface area contributed by atoms with Crippen molar-refractivity contribution in [2.24, 2.45) is 0 Å². The van der Waals surface area contributed by atoms with Crippen molar-refractivity contribution in [3.63, 3.8) is 0 Å². The lowest BCUT2D eigenvalue weighted by Crippen LogP contribution is -2.14. The zero-order valence-corrected chi connectivity index (χ0v) is 10.3. The largest absolute Gasteiger partial charge is 0.449 e. The van der Waals surface area contributed by atoms with Crippen molar-refractivity contribution in [1.82, 2.24) is 9.55 Å². The number of alkyl halides is 3. The van der Waals surface area contributed by atoms with Crippen LogP contribution in [0.2, 0.25) is 0 Å². The molecule has 1 aromatic carbocycles. The standard InChI is InChI=1S/C13H11F3N2O2/c14-13(15,16)11-3-1-2-10(8-11)4-7-20-12(19)18-6-5-17-9-18/h1-3,5-6,8-9H,4,7H2. The fraction of sp³-hybridized carbons (Fsp3) is 0.231. The maximum Gasteiger partial charge on any atom is 0.419 e. The van der Waals surface area contributed by atoms with Crippen LogP contribution in [0.1, 0.15) is 11.1 Å². The number of benzene rings is 1. The summed E-state index contributed by atoms with van der Waals surface area (Å²) in [6.45, 7) is -0.00166. The van der Waals surface area contributed by atoms with Crippen LogP contribution >= 0.6 is 0 Å². The number of rotatable bonds is 3. The van der Waals surface area contributed by atoms with E-state index in [1.807, 2.05) is 0 Å². The summed E-state index contributed by atoms with van der Waals surface area (Å²) in [5.74, 6) is 0. The van der Waals surface area contributed by atoms with Crippen LogP contribution in [0.4, 0.5) is 18.0 Å². The first-order valence-corrected chi connectivity index (χ1v) is 5.78. The molecule has 7 heteroatoms. The third kappa shape index (κ3) is 3.59.